The first-order chi connectivity index (χ1) is 14.9. The average Bonchev–Trinajstić information content (AvgIpc) is 2.73. The van der Waals surface area contributed by atoms with Gasteiger partial charge in [-0.1, -0.05) is 29.8 Å². The van der Waals surface area contributed by atoms with Crippen LogP contribution in [0.5, 0.6) is 5.75 Å². The fourth-order valence-electron chi connectivity index (χ4n) is 3.86. The van der Waals surface area contributed by atoms with Gasteiger partial charge in [0.1, 0.15) is 5.75 Å². The topological polar surface area (TPSA) is 88.2 Å². The first-order valence-corrected chi connectivity index (χ1v) is 10.8. The van der Waals surface area contributed by atoms with Gasteiger partial charge in [-0.2, -0.15) is 0 Å². The zero-order valence-electron chi connectivity index (χ0n) is 17.8. The molecular weight excluding hydrogens is 414 g/mol. The second-order valence-electron chi connectivity index (χ2n) is 7.69. The van der Waals surface area contributed by atoms with E-state index in [1.165, 1.54) is 0 Å². The number of carbonyl (C=O) groups excluding carboxylic acids is 1. The highest BCUT2D eigenvalue weighted by Crippen LogP contribution is 2.24. The van der Waals surface area contributed by atoms with Crippen LogP contribution in [0.15, 0.2) is 42.5 Å². The van der Waals surface area contributed by atoms with Gasteiger partial charge in [0.2, 0.25) is 11.9 Å². The molecule has 2 aromatic carbocycles. The summed E-state index contributed by atoms with van der Waals surface area (Å²) in [5.41, 5.74) is 2.61. The number of halogens is 1. The summed E-state index contributed by atoms with van der Waals surface area (Å²) in [5.74, 6) is 0.974. The summed E-state index contributed by atoms with van der Waals surface area (Å²) in [7, 11) is 0. The normalized spacial score (nSPS) is 21.0. The number of amides is 1. The summed E-state index contributed by atoms with van der Waals surface area (Å²) in [6.07, 6.45) is 0.102. The number of fused-ring (bicyclic) bond motifs is 1. The van der Waals surface area contributed by atoms with E-state index in [1.807, 2.05) is 63.2 Å². The molecule has 1 saturated heterocycles. The van der Waals surface area contributed by atoms with Crippen LogP contribution in [0.25, 0.3) is 10.9 Å². The van der Waals surface area contributed by atoms with E-state index in [1.54, 1.807) is 0 Å². The van der Waals surface area contributed by atoms with E-state index in [2.05, 4.69) is 25.9 Å². The Labute approximate surface area is 186 Å². The Kier molecular flexibility index (Phi) is 6.25. The molecule has 3 N–H and O–H groups in total. The maximum absolute atomic E-state index is 12.8. The van der Waals surface area contributed by atoms with Crippen molar-refractivity contribution in [2.45, 2.75) is 39.5 Å². The largest absolute Gasteiger partial charge is 0.494 e. The van der Waals surface area contributed by atoms with E-state index in [0.29, 0.717) is 24.0 Å². The number of hydrogen-bond donors (Lipinski definition) is 3. The maximum atomic E-state index is 12.8. The van der Waals surface area contributed by atoms with Crippen LogP contribution in [0.3, 0.4) is 0 Å². The Morgan fingerprint density at radius 2 is 2.00 bits per heavy atom. The van der Waals surface area contributed by atoms with Crippen LogP contribution in [0, 0.1) is 12.8 Å². The van der Waals surface area contributed by atoms with Gasteiger partial charge in [0, 0.05) is 16.5 Å². The van der Waals surface area contributed by atoms with Gasteiger partial charge >= 0.3 is 0 Å². The molecule has 2 heterocycles. The van der Waals surface area contributed by atoms with E-state index >= 15 is 0 Å². The second kappa shape index (κ2) is 9.08. The lowest BCUT2D eigenvalue weighted by molar-refractivity contribution is -0.128. The molecule has 1 aliphatic rings. The highest BCUT2D eigenvalue weighted by Gasteiger charge is 2.34. The minimum Gasteiger partial charge on any atom is -0.494 e. The molecule has 7 nitrogen and oxygen atoms in total. The Bertz CT molecular complexity index is 1110. The van der Waals surface area contributed by atoms with Crippen molar-refractivity contribution < 1.29 is 9.53 Å². The smallest absolute Gasteiger partial charge is 0.227 e. The van der Waals surface area contributed by atoms with Crippen molar-refractivity contribution in [1.29, 1.82) is 0 Å². The minimum absolute atomic E-state index is 0.0393. The van der Waals surface area contributed by atoms with E-state index in [4.69, 9.17) is 16.3 Å². The Balaban J connectivity index is 1.47. The third-order valence-corrected chi connectivity index (χ3v) is 5.87. The molecule has 3 aromatic rings. The van der Waals surface area contributed by atoms with Gasteiger partial charge in [-0.15, -0.1) is 0 Å². The lowest BCUT2D eigenvalue weighted by Gasteiger charge is -2.36. The van der Waals surface area contributed by atoms with Crippen LogP contribution in [0.4, 0.5) is 5.95 Å². The van der Waals surface area contributed by atoms with Crippen LogP contribution in [-0.4, -0.2) is 34.8 Å². The first-order valence-electron chi connectivity index (χ1n) is 10.4. The fourth-order valence-corrected chi connectivity index (χ4v) is 4.07. The fraction of sp³-hybridized carbons (Fsp3) is 0.348. The van der Waals surface area contributed by atoms with Crippen LogP contribution >= 0.6 is 11.6 Å². The highest BCUT2D eigenvalue weighted by molar-refractivity contribution is 6.31. The minimum atomic E-state index is -0.468. The molecule has 0 spiro atoms. The van der Waals surface area contributed by atoms with Crippen LogP contribution < -0.4 is 20.7 Å². The van der Waals surface area contributed by atoms with Crippen LogP contribution in [0.2, 0.25) is 5.02 Å². The summed E-state index contributed by atoms with van der Waals surface area (Å²) in [4.78, 5) is 22.0. The van der Waals surface area contributed by atoms with Gasteiger partial charge in [0.05, 0.1) is 23.7 Å². The van der Waals surface area contributed by atoms with Gasteiger partial charge in [0.15, 0.2) is 6.29 Å². The molecule has 8 heteroatoms. The standard InChI is InChI=1S/C23H26ClN5O2/c1-4-31-16-9-10-20-17(12-16)13(2)25-22(27-20)29-23-26-14(3)18(21(30)28-23)11-15-7-5-6-8-19(15)24/h5-10,12,14,18,23,26H,4,11H2,1-3H3,(H,28,30)(H,25,27,29). The average molecular weight is 440 g/mol. The number of anilines is 1. The highest BCUT2D eigenvalue weighted by atomic mass is 35.5. The van der Waals surface area contributed by atoms with Crippen molar-refractivity contribution in [1.82, 2.24) is 20.6 Å². The predicted molar refractivity (Wildman–Crippen MR) is 122 cm³/mol. The summed E-state index contributed by atoms with van der Waals surface area (Å²) < 4.78 is 5.57. The summed E-state index contributed by atoms with van der Waals surface area (Å²) in [5, 5.41) is 11.2. The molecule has 3 unspecified atom stereocenters. The van der Waals surface area contributed by atoms with Crippen molar-refractivity contribution in [3.05, 3.63) is 58.7 Å². The molecule has 3 atom stereocenters. The molecule has 1 aliphatic heterocycles. The second-order valence-corrected chi connectivity index (χ2v) is 8.10. The van der Waals surface area contributed by atoms with Gasteiger partial charge in [-0.25, -0.2) is 9.97 Å². The van der Waals surface area contributed by atoms with Gasteiger partial charge < -0.3 is 15.4 Å². The van der Waals surface area contributed by atoms with Crippen LogP contribution in [-0.2, 0) is 11.2 Å². The third-order valence-electron chi connectivity index (χ3n) is 5.50. The number of nitrogens with one attached hydrogen (secondary N) is 3. The zero-order chi connectivity index (χ0) is 22.0. The summed E-state index contributed by atoms with van der Waals surface area (Å²) >= 11 is 6.28. The van der Waals surface area contributed by atoms with Crippen LogP contribution in [0.1, 0.15) is 25.1 Å². The number of aromatic nitrogens is 2. The molecular formula is C23H26ClN5O2. The molecule has 31 heavy (non-hydrogen) atoms. The van der Waals surface area contributed by atoms with E-state index < -0.39 is 6.29 Å². The lowest BCUT2D eigenvalue weighted by Crippen LogP contribution is -2.63. The summed E-state index contributed by atoms with van der Waals surface area (Å²) in [6.45, 7) is 6.48. The van der Waals surface area contributed by atoms with Crippen molar-refractivity contribution in [3.63, 3.8) is 0 Å². The van der Waals surface area contributed by atoms with E-state index in [9.17, 15) is 4.79 Å². The number of ether oxygens (including phenoxy) is 1. The maximum Gasteiger partial charge on any atom is 0.227 e. The number of benzene rings is 2. The molecule has 0 radical (unpaired) electrons. The molecule has 4 rings (SSSR count). The zero-order valence-corrected chi connectivity index (χ0v) is 18.5. The predicted octanol–water partition coefficient (Wildman–Crippen LogP) is 3.65. The molecule has 0 saturated carbocycles. The Morgan fingerprint density at radius 3 is 2.74 bits per heavy atom. The van der Waals surface area contributed by atoms with E-state index in [-0.39, 0.29) is 17.9 Å². The molecule has 1 fully saturated rings. The lowest BCUT2D eigenvalue weighted by atomic mass is 9.90. The molecule has 1 aromatic heterocycles. The monoisotopic (exact) mass is 439 g/mol. The Morgan fingerprint density at radius 1 is 1.19 bits per heavy atom. The van der Waals surface area contributed by atoms with Gasteiger partial charge in [-0.3, -0.25) is 10.1 Å². The quantitative estimate of drug-likeness (QED) is 0.543. The molecule has 0 aliphatic carbocycles. The molecule has 162 valence electrons. The third kappa shape index (κ3) is 4.73. The van der Waals surface area contributed by atoms with Crippen molar-refractivity contribution in [2.75, 3.05) is 11.9 Å². The Hall–Kier alpha value is -2.90. The van der Waals surface area contributed by atoms with E-state index in [0.717, 1.165) is 27.9 Å². The van der Waals surface area contributed by atoms with Gasteiger partial charge in [0.25, 0.3) is 0 Å². The number of rotatable bonds is 6. The molecule has 1 amide bonds. The van der Waals surface area contributed by atoms with Crippen molar-refractivity contribution in [3.8, 4) is 5.75 Å². The van der Waals surface area contributed by atoms with Gasteiger partial charge in [-0.05, 0) is 57.0 Å². The number of nitrogens with zero attached hydrogens (tertiary/aromatic N) is 2. The van der Waals surface area contributed by atoms with Crippen molar-refractivity contribution in [2.24, 2.45) is 5.92 Å². The van der Waals surface area contributed by atoms with Crippen molar-refractivity contribution >= 4 is 34.4 Å². The number of hydrogen-bond acceptors (Lipinski definition) is 6. The SMILES string of the molecule is CCOc1ccc2nc(NC3NC(=O)C(Cc4ccccc4Cl)C(C)N3)nc(C)c2c1. The first kappa shape index (κ1) is 21.3. The molecule has 0 bridgehead atoms. The summed E-state index contributed by atoms with van der Waals surface area (Å²) in [6, 6.07) is 13.3. The number of aryl methyl sites for hydroxylation is 1. The number of carbonyl (C=O) groups is 1.